The fraction of sp³-hybridized carbons (Fsp3) is 0.188. The Hall–Kier alpha value is -1.89. The van der Waals surface area contributed by atoms with Crippen LogP contribution in [0.25, 0.3) is 21.5 Å². The normalized spacial score (nSPS) is 14.1. The first-order chi connectivity index (χ1) is 11.5. The third-order valence-electron chi connectivity index (χ3n) is 3.74. The standard InChI is InChI=1S/C16H12Cl2N4OS/c17-10-4-1-7(5-11(10)18)13-9-6-12(14(19)23)24-15(9)22-16(21-13)20-8-2-3-8/h1,4-6,8H,2-3H2,(H2,19,23)(H,20,21,22). The summed E-state index contributed by atoms with van der Waals surface area (Å²) in [6.45, 7) is 0. The SMILES string of the molecule is NC(=O)c1cc2c(-c3ccc(Cl)c(Cl)c3)nc(NC3CC3)nc2s1. The molecule has 5 nitrogen and oxygen atoms in total. The largest absolute Gasteiger partial charge is 0.365 e. The Morgan fingerprint density at radius 2 is 2.00 bits per heavy atom. The lowest BCUT2D eigenvalue weighted by Gasteiger charge is -2.08. The predicted molar refractivity (Wildman–Crippen MR) is 98.0 cm³/mol. The second-order valence-corrected chi connectivity index (χ2v) is 7.48. The molecule has 2 aromatic heterocycles. The molecular weight excluding hydrogens is 367 g/mol. The van der Waals surface area contributed by atoms with Gasteiger partial charge in [-0.25, -0.2) is 9.97 Å². The molecular formula is C16H12Cl2N4OS. The fourth-order valence-electron chi connectivity index (χ4n) is 2.38. The van der Waals surface area contributed by atoms with Crippen molar-refractivity contribution < 1.29 is 4.79 Å². The molecule has 8 heteroatoms. The molecule has 4 rings (SSSR count). The average molecular weight is 379 g/mol. The van der Waals surface area contributed by atoms with Crippen molar-refractivity contribution in [2.45, 2.75) is 18.9 Å². The van der Waals surface area contributed by atoms with Gasteiger partial charge in [-0.15, -0.1) is 11.3 Å². The number of benzene rings is 1. The van der Waals surface area contributed by atoms with Crippen molar-refractivity contribution in [2.75, 3.05) is 5.32 Å². The molecule has 1 aliphatic carbocycles. The minimum absolute atomic E-state index is 0.416. The summed E-state index contributed by atoms with van der Waals surface area (Å²) < 4.78 is 0. The lowest BCUT2D eigenvalue weighted by molar-refractivity contribution is 0.100. The topological polar surface area (TPSA) is 80.9 Å². The van der Waals surface area contributed by atoms with Gasteiger partial charge in [0.2, 0.25) is 5.95 Å². The molecule has 3 N–H and O–H groups in total. The summed E-state index contributed by atoms with van der Waals surface area (Å²) in [6.07, 6.45) is 2.22. The summed E-state index contributed by atoms with van der Waals surface area (Å²) in [6, 6.07) is 7.47. The zero-order valence-electron chi connectivity index (χ0n) is 12.3. The number of thiophene rings is 1. The number of nitrogens with two attached hydrogens (primary N) is 1. The van der Waals surface area contributed by atoms with Gasteiger partial charge in [-0.05, 0) is 31.0 Å². The summed E-state index contributed by atoms with van der Waals surface area (Å²) >= 11 is 13.4. The van der Waals surface area contributed by atoms with Crippen LogP contribution in [0, 0.1) is 0 Å². The predicted octanol–water partition coefficient (Wildman–Crippen LogP) is 4.34. The number of anilines is 1. The average Bonchev–Trinajstić information content (AvgIpc) is 3.24. The van der Waals surface area contributed by atoms with Gasteiger partial charge in [0.05, 0.1) is 20.6 Å². The molecule has 0 atom stereocenters. The van der Waals surface area contributed by atoms with Crippen LogP contribution in [0.3, 0.4) is 0 Å². The van der Waals surface area contributed by atoms with Gasteiger partial charge in [0, 0.05) is 17.0 Å². The van der Waals surface area contributed by atoms with Crippen molar-refractivity contribution in [3.05, 3.63) is 39.2 Å². The Morgan fingerprint density at radius 3 is 2.67 bits per heavy atom. The van der Waals surface area contributed by atoms with Crippen LogP contribution in [-0.2, 0) is 0 Å². The second kappa shape index (κ2) is 5.88. The number of hydrogen-bond acceptors (Lipinski definition) is 5. The first kappa shape index (κ1) is 15.6. The van der Waals surface area contributed by atoms with E-state index in [4.69, 9.17) is 28.9 Å². The van der Waals surface area contributed by atoms with Gasteiger partial charge >= 0.3 is 0 Å². The molecule has 122 valence electrons. The highest BCUT2D eigenvalue weighted by molar-refractivity contribution is 7.20. The minimum atomic E-state index is -0.477. The zero-order valence-corrected chi connectivity index (χ0v) is 14.7. The van der Waals surface area contributed by atoms with Crippen molar-refractivity contribution in [3.63, 3.8) is 0 Å². The number of hydrogen-bond donors (Lipinski definition) is 2. The highest BCUT2D eigenvalue weighted by atomic mass is 35.5. The van der Waals surface area contributed by atoms with E-state index in [1.807, 2.05) is 6.07 Å². The highest BCUT2D eigenvalue weighted by Crippen LogP contribution is 2.36. The van der Waals surface area contributed by atoms with Crippen molar-refractivity contribution in [3.8, 4) is 11.3 Å². The van der Waals surface area contributed by atoms with Crippen LogP contribution in [0.5, 0.6) is 0 Å². The van der Waals surface area contributed by atoms with Crippen molar-refractivity contribution in [2.24, 2.45) is 5.73 Å². The quantitative estimate of drug-likeness (QED) is 0.707. The van der Waals surface area contributed by atoms with Crippen LogP contribution in [0.1, 0.15) is 22.5 Å². The van der Waals surface area contributed by atoms with E-state index in [1.165, 1.54) is 11.3 Å². The van der Waals surface area contributed by atoms with Gasteiger partial charge in [-0.2, -0.15) is 0 Å². The number of nitrogens with zero attached hydrogens (tertiary/aromatic N) is 2. The number of rotatable bonds is 4. The van der Waals surface area contributed by atoms with E-state index in [0.29, 0.717) is 37.4 Å². The molecule has 0 bridgehead atoms. The second-order valence-electron chi connectivity index (χ2n) is 5.64. The Balaban J connectivity index is 1.92. The molecule has 1 saturated carbocycles. The Labute approximate surface area is 151 Å². The van der Waals surface area contributed by atoms with E-state index in [9.17, 15) is 4.79 Å². The van der Waals surface area contributed by atoms with Crippen molar-refractivity contribution in [1.29, 1.82) is 0 Å². The molecule has 0 spiro atoms. The molecule has 1 amide bonds. The van der Waals surface area contributed by atoms with Gasteiger partial charge in [0.25, 0.3) is 5.91 Å². The number of carbonyl (C=O) groups is 1. The molecule has 1 aliphatic rings. The number of nitrogens with one attached hydrogen (secondary N) is 1. The molecule has 2 heterocycles. The summed E-state index contributed by atoms with van der Waals surface area (Å²) in [5.41, 5.74) is 6.92. The number of amides is 1. The summed E-state index contributed by atoms with van der Waals surface area (Å²) in [5.74, 6) is 0.0683. The lowest BCUT2D eigenvalue weighted by atomic mass is 10.1. The summed E-state index contributed by atoms with van der Waals surface area (Å²) in [4.78, 5) is 21.8. The monoisotopic (exact) mass is 378 g/mol. The first-order valence-electron chi connectivity index (χ1n) is 7.34. The molecule has 24 heavy (non-hydrogen) atoms. The van der Waals surface area contributed by atoms with E-state index < -0.39 is 5.91 Å². The molecule has 0 aliphatic heterocycles. The number of primary amides is 1. The van der Waals surface area contributed by atoms with Crippen molar-refractivity contribution >= 4 is 56.6 Å². The summed E-state index contributed by atoms with van der Waals surface area (Å²) in [7, 11) is 0. The zero-order chi connectivity index (χ0) is 16.8. The molecule has 0 unspecified atom stereocenters. The Morgan fingerprint density at radius 1 is 1.21 bits per heavy atom. The van der Waals surface area contributed by atoms with Crippen LogP contribution < -0.4 is 11.1 Å². The third-order valence-corrected chi connectivity index (χ3v) is 5.52. The number of halogens is 2. The van der Waals surface area contributed by atoms with Crippen LogP contribution >= 0.6 is 34.5 Å². The molecule has 1 aromatic carbocycles. The lowest BCUT2D eigenvalue weighted by Crippen LogP contribution is -2.08. The van der Waals surface area contributed by atoms with Gasteiger partial charge in [-0.1, -0.05) is 29.3 Å². The Kier molecular flexibility index (Phi) is 3.83. The van der Waals surface area contributed by atoms with Gasteiger partial charge in [-0.3, -0.25) is 4.79 Å². The summed E-state index contributed by atoms with van der Waals surface area (Å²) in [5, 5.41) is 4.99. The van der Waals surface area contributed by atoms with Gasteiger partial charge in [0.1, 0.15) is 4.83 Å². The van der Waals surface area contributed by atoms with Crippen LogP contribution in [0.4, 0.5) is 5.95 Å². The van der Waals surface area contributed by atoms with E-state index >= 15 is 0 Å². The van der Waals surface area contributed by atoms with Crippen LogP contribution in [0.15, 0.2) is 24.3 Å². The van der Waals surface area contributed by atoms with E-state index in [-0.39, 0.29) is 0 Å². The third kappa shape index (κ3) is 2.92. The fourth-order valence-corrected chi connectivity index (χ4v) is 3.56. The van der Waals surface area contributed by atoms with Crippen LogP contribution in [0.2, 0.25) is 10.0 Å². The first-order valence-corrected chi connectivity index (χ1v) is 8.92. The van der Waals surface area contributed by atoms with Gasteiger partial charge < -0.3 is 11.1 Å². The maximum atomic E-state index is 11.5. The maximum absolute atomic E-state index is 11.5. The Bertz CT molecular complexity index is 968. The van der Waals surface area contributed by atoms with Crippen LogP contribution in [-0.4, -0.2) is 21.9 Å². The van der Waals surface area contributed by atoms with Gasteiger partial charge in [0.15, 0.2) is 0 Å². The van der Waals surface area contributed by atoms with E-state index in [1.54, 1.807) is 18.2 Å². The van der Waals surface area contributed by atoms with E-state index in [0.717, 1.165) is 23.8 Å². The van der Waals surface area contributed by atoms with E-state index in [2.05, 4.69) is 15.3 Å². The number of fused-ring (bicyclic) bond motifs is 1. The smallest absolute Gasteiger partial charge is 0.258 e. The van der Waals surface area contributed by atoms with Crippen molar-refractivity contribution in [1.82, 2.24) is 9.97 Å². The minimum Gasteiger partial charge on any atom is -0.365 e. The molecule has 3 aromatic rings. The number of carbonyl (C=O) groups excluding carboxylic acids is 1. The molecule has 0 saturated heterocycles. The molecule has 1 fully saturated rings. The number of aromatic nitrogens is 2. The molecule has 0 radical (unpaired) electrons. The highest BCUT2D eigenvalue weighted by Gasteiger charge is 2.23. The maximum Gasteiger partial charge on any atom is 0.258 e.